The van der Waals surface area contributed by atoms with Crippen molar-refractivity contribution >= 4 is 54.2 Å². The number of anilines is 1. The number of nitrogens with zero attached hydrogens (tertiary/aromatic N) is 3. The van der Waals surface area contributed by atoms with Crippen molar-refractivity contribution in [1.29, 1.82) is 0 Å². The average molecular weight is 607 g/mol. The molecule has 14 heteroatoms. The van der Waals surface area contributed by atoms with Gasteiger partial charge in [0.2, 0.25) is 10.0 Å². The Hall–Kier alpha value is -3.65. The molecule has 1 heterocycles. The predicted molar refractivity (Wildman–Crippen MR) is 151 cm³/mol. The molecule has 0 amide bonds. The number of aryl methyl sites for hydroxylation is 2. The van der Waals surface area contributed by atoms with Gasteiger partial charge in [-0.25, -0.2) is 8.42 Å². The standard InChI is InChI=1S/C26H27ClN4O7S2/c1-16-24(25(27)31(4)28-16)39(34,35)29-21(26(32)33)15-17-11-13-18(14-12-17)38-40(36,37)23-10-6-7-19-20(23)8-5-9-22(19)30(2)3/h5-14,21,29H,15H2,1-4H3,(H,32,33)/t21-/m0/s1. The number of fused-ring (bicyclic) bond motifs is 1. The normalized spacial score (nSPS) is 12.8. The van der Waals surface area contributed by atoms with Crippen LogP contribution in [0, 0.1) is 6.92 Å². The van der Waals surface area contributed by atoms with Crippen LogP contribution in [0.4, 0.5) is 5.69 Å². The number of carboxylic acid groups (broad SMARTS) is 1. The summed E-state index contributed by atoms with van der Waals surface area (Å²) < 4.78 is 60.9. The van der Waals surface area contributed by atoms with E-state index in [1.165, 1.54) is 49.0 Å². The van der Waals surface area contributed by atoms with Gasteiger partial charge < -0.3 is 14.2 Å². The molecule has 2 N–H and O–H groups in total. The van der Waals surface area contributed by atoms with Crippen LogP contribution in [0.3, 0.4) is 0 Å². The molecule has 11 nitrogen and oxygen atoms in total. The maximum Gasteiger partial charge on any atom is 0.339 e. The Kier molecular flexibility index (Phi) is 8.13. The van der Waals surface area contributed by atoms with E-state index in [1.807, 2.05) is 31.1 Å². The van der Waals surface area contributed by atoms with Crippen molar-refractivity contribution in [3.05, 3.63) is 77.1 Å². The third-order valence-electron chi connectivity index (χ3n) is 6.14. The van der Waals surface area contributed by atoms with Gasteiger partial charge in [-0.3, -0.25) is 9.48 Å². The number of carboxylic acids is 1. The van der Waals surface area contributed by atoms with Crippen molar-refractivity contribution in [1.82, 2.24) is 14.5 Å². The first-order valence-corrected chi connectivity index (χ1v) is 15.1. The van der Waals surface area contributed by atoms with Crippen LogP contribution in [-0.2, 0) is 38.4 Å². The molecule has 0 aliphatic heterocycles. The number of benzene rings is 3. The second-order valence-electron chi connectivity index (χ2n) is 9.25. The number of hydrogen-bond donors (Lipinski definition) is 2. The first kappa shape index (κ1) is 29.3. The number of halogens is 1. The molecule has 0 aliphatic carbocycles. The summed E-state index contributed by atoms with van der Waals surface area (Å²) in [6.07, 6.45) is -0.227. The average Bonchev–Trinajstić information content (AvgIpc) is 3.14. The first-order chi connectivity index (χ1) is 18.7. The van der Waals surface area contributed by atoms with Gasteiger partial charge in [-0.2, -0.15) is 18.2 Å². The smallest absolute Gasteiger partial charge is 0.339 e. The lowest BCUT2D eigenvalue weighted by Gasteiger charge is -2.17. The van der Waals surface area contributed by atoms with Crippen LogP contribution < -0.4 is 13.8 Å². The molecule has 0 unspecified atom stereocenters. The molecule has 4 rings (SSSR count). The lowest BCUT2D eigenvalue weighted by molar-refractivity contribution is -0.138. The fourth-order valence-electron chi connectivity index (χ4n) is 4.30. The fraction of sp³-hybridized carbons (Fsp3) is 0.231. The molecule has 4 aromatic rings. The highest BCUT2D eigenvalue weighted by molar-refractivity contribution is 7.89. The van der Waals surface area contributed by atoms with E-state index in [-0.39, 0.29) is 32.8 Å². The Morgan fingerprint density at radius 3 is 2.25 bits per heavy atom. The van der Waals surface area contributed by atoms with E-state index in [2.05, 4.69) is 9.82 Å². The summed E-state index contributed by atoms with van der Waals surface area (Å²) in [5.41, 5.74) is 1.40. The molecule has 1 aromatic heterocycles. The summed E-state index contributed by atoms with van der Waals surface area (Å²) in [5, 5.41) is 14.7. The molecular formula is C26H27ClN4O7S2. The summed E-state index contributed by atoms with van der Waals surface area (Å²) in [5.74, 6) is -1.40. The molecule has 0 aliphatic rings. The van der Waals surface area contributed by atoms with Crippen LogP contribution >= 0.6 is 11.6 Å². The van der Waals surface area contributed by atoms with Gasteiger partial charge in [0.1, 0.15) is 26.7 Å². The van der Waals surface area contributed by atoms with Crippen molar-refractivity contribution in [2.45, 2.75) is 29.2 Å². The Balaban J connectivity index is 1.54. The Labute approximate surface area is 237 Å². The zero-order valence-electron chi connectivity index (χ0n) is 22.0. The van der Waals surface area contributed by atoms with Crippen molar-refractivity contribution in [3.63, 3.8) is 0 Å². The number of aromatic nitrogens is 2. The number of hydrogen-bond acceptors (Lipinski definition) is 8. The van der Waals surface area contributed by atoms with E-state index in [4.69, 9.17) is 15.8 Å². The second-order valence-corrected chi connectivity index (χ2v) is 12.8. The van der Waals surface area contributed by atoms with Crippen LogP contribution in [0.1, 0.15) is 11.3 Å². The van der Waals surface area contributed by atoms with E-state index >= 15 is 0 Å². The van der Waals surface area contributed by atoms with Crippen LogP contribution in [0.5, 0.6) is 5.75 Å². The molecule has 40 heavy (non-hydrogen) atoms. The van der Waals surface area contributed by atoms with E-state index in [9.17, 15) is 26.7 Å². The lowest BCUT2D eigenvalue weighted by Crippen LogP contribution is -2.42. The third kappa shape index (κ3) is 5.92. The molecule has 0 fully saturated rings. The maximum atomic E-state index is 13.2. The highest BCUT2D eigenvalue weighted by Crippen LogP contribution is 2.32. The van der Waals surface area contributed by atoms with Gasteiger partial charge in [-0.15, -0.1) is 0 Å². The molecule has 0 saturated heterocycles. The van der Waals surface area contributed by atoms with Crippen LogP contribution in [0.25, 0.3) is 10.8 Å². The van der Waals surface area contributed by atoms with Crippen molar-refractivity contribution in [3.8, 4) is 5.75 Å². The summed E-state index contributed by atoms with van der Waals surface area (Å²) >= 11 is 6.06. The molecular weight excluding hydrogens is 580 g/mol. The predicted octanol–water partition coefficient (Wildman–Crippen LogP) is 3.34. The Bertz CT molecular complexity index is 1800. The van der Waals surface area contributed by atoms with E-state index in [0.29, 0.717) is 10.9 Å². The third-order valence-corrected chi connectivity index (χ3v) is 9.62. The maximum absolute atomic E-state index is 13.2. The number of rotatable bonds is 10. The van der Waals surface area contributed by atoms with Gasteiger partial charge in [0.05, 0.1) is 5.69 Å². The molecule has 3 aromatic carbocycles. The van der Waals surface area contributed by atoms with Crippen LogP contribution in [0.15, 0.2) is 70.5 Å². The Morgan fingerprint density at radius 1 is 1.05 bits per heavy atom. The number of aliphatic carboxylic acids is 1. The highest BCUT2D eigenvalue weighted by Gasteiger charge is 2.31. The monoisotopic (exact) mass is 606 g/mol. The van der Waals surface area contributed by atoms with Gasteiger partial charge in [-0.1, -0.05) is 48.0 Å². The van der Waals surface area contributed by atoms with Gasteiger partial charge in [0.15, 0.2) is 0 Å². The highest BCUT2D eigenvalue weighted by atomic mass is 35.5. The molecule has 0 radical (unpaired) electrons. The van der Waals surface area contributed by atoms with E-state index in [0.717, 1.165) is 11.1 Å². The zero-order valence-corrected chi connectivity index (χ0v) is 24.4. The van der Waals surface area contributed by atoms with Gasteiger partial charge in [0.25, 0.3) is 0 Å². The SMILES string of the molecule is Cc1nn(C)c(Cl)c1S(=O)(=O)N[C@@H](Cc1ccc(OS(=O)(=O)c2cccc3c(N(C)C)cccc23)cc1)C(=O)O. The molecule has 0 spiro atoms. The van der Waals surface area contributed by atoms with Crippen molar-refractivity contribution < 1.29 is 30.9 Å². The summed E-state index contributed by atoms with van der Waals surface area (Å²) in [6.45, 7) is 1.45. The van der Waals surface area contributed by atoms with Crippen LogP contribution in [-0.4, -0.2) is 57.8 Å². The summed E-state index contributed by atoms with van der Waals surface area (Å²) in [7, 11) is -3.33. The minimum atomic E-state index is -4.31. The zero-order chi connectivity index (χ0) is 29.4. The lowest BCUT2D eigenvalue weighted by atomic mass is 10.1. The number of sulfonamides is 1. The van der Waals surface area contributed by atoms with E-state index in [1.54, 1.807) is 18.2 Å². The first-order valence-electron chi connectivity index (χ1n) is 11.9. The largest absolute Gasteiger partial charge is 0.480 e. The molecule has 0 saturated carbocycles. The topological polar surface area (TPSA) is 148 Å². The minimum Gasteiger partial charge on any atom is -0.480 e. The summed E-state index contributed by atoms with van der Waals surface area (Å²) in [6, 6.07) is 14.4. The summed E-state index contributed by atoms with van der Waals surface area (Å²) in [4.78, 5) is 13.5. The molecule has 0 bridgehead atoms. The van der Waals surface area contributed by atoms with Gasteiger partial charge >= 0.3 is 16.1 Å². The number of carbonyl (C=O) groups is 1. The van der Waals surface area contributed by atoms with Crippen molar-refractivity contribution in [2.75, 3.05) is 19.0 Å². The minimum absolute atomic E-state index is 0.00230. The second kappa shape index (κ2) is 11.1. The van der Waals surface area contributed by atoms with E-state index < -0.39 is 32.2 Å². The molecule has 212 valence electrons. The van der Waals surface area contributed by atoms with Crippen molar-refractivity contribution in [2.24, 2.45) is 7.05 Å². The molecule has 1 atom stereocenters. The fourth-order valence-corrected chi connectivity index (χ4v) is 7.39. The quantitative estimate of drug-likeness (QED) is 0.259. The Morgan fingerprint density at radius 2 is 1.68 bits per heavy atom. The number of nitrogens with one attached hydrogen (secondary N) is 1. The van der Waals surface area contributed by atoms with Crippen LogP contribution in [0.2, 0.25) is 5.15 Å². The van der Waals surface area contributed by atoms with Gasteiger partial charge in [0, 0.05) is 37.6 Å². The van der Waals surface area contributed by atoms with Gasteiger partial charge in [-0.05, 0) is 43.2 Å².